The van der Waals surface area contributed by atoms with Crippen LogP contribution in [-0.2, 0) is 22.4 Å². The van der Waals surface area contributed by atoms with Gasteiger partial charge in [0.05, 0.1) is 6.61 Å². The average Bonchev–Trinajstić information content (AvgIpc) is 2.62. The van der Waals surface area contributed by atoms with Gasteiger partial charge in [0, 0.05) is 45.1 Å². The quantitative estimate of drug-likeness (QED) is 0.507. The van der Waals surface area contributed by atoms with Crippen molar-refractivity contribution in [1.29, 1.82) is 0 Å². The molecule has 1 aromatic rings. The van der Waals surface area contributed by atoms with Crippen LogP contribution in [0.5, 0.6) is 0 Å². The summed E-state index contributed by atoms with van der Waals surface area (Å²) in [5.41, 5.74) is 3.42. The average molecular weight is 332 g/mol. The first-order valence-electron chi connectivity index (χ1n) is 8.82. The molecule has 0 fully saturated rings. The summed E-state index contributed by atoms with van der Waals surface area (Å²) in [7, 11) is 1.66. The van der Waals surface area contributed by atoms with E-state index in [1.807, 2.05) is 12.1 Å². The summed E-state index contributed by atoms with van der Waals surface area (Å²) in [5, 5.41) is 5.98. The van der Waals surface area contributed by atoms with E-state index in [4.69, 9.17) is 4.74 Å². The first-order chi connectivity index (χ1) is 11.7. The number of aryl methyl sites for hydroxylation is 2. The zero-order chi connectivity index (χ0) is 17.2. The summed E-state index contributed by atoms with van der Waals surface area (Å²) >= 11 is 0. The Labute approximate surface area is 144 Å². The monoisotopic (exact) mass is 332 g/mol. The normalized spacial score (nSPS) is 13.4. The second-order valence-electron chi connectivity index (χ2n) is 6.21. The predicted molar refractivity (Wildman–Crippen MR) is 94.4 cm³/mol. The minimum atomic E-state index is -0.0742. The molecule has 0 aliphatic heterocycles. The highest BCUT2D eigenvalue weighted by atomic mass is 16.5. The van der Waals surface area contributed by atoms with Crippen LogP contribution in [0.1, 0.15) is 47.2 Å². The van der Waals surface area contributed by atoms with Gasteiger partial charge in [-0.1, -0.05) is 12.1 Å². The summed E-state index contributed by atoms with van der Waals surface area (Å²) in [5.74, 6) is -0.0217. The third-order valence-corrected chi connectivity index (χ3v) is 4.36. The first kappa shape index (κ1) is 18.6. The largest absolute Gasteiger partial charge is 0.383 e. The molecule has 132 valence electrons. The molecule has 0 heterocycles. The molecule has 0 radical (unpaired) electrons. The maximum absolute atomic E-state index is 12.3. The molecule has 0 unspecified atom stereocenters. The lowest BCUT2D eigenvalue weighted by Crippen LogP contribution is -2.33. The van der Waals surface area contributed by atoms with Crippen molar-refractivity contribution in [3.05, 3.63) is 34.9 Å². The number of Topliss-reactive ketones (excluding diaryl/α,β-unsaturated/α-hetero) is 1. The van der Waals surface area contributed by atoms with Gasteiger partial charge in [-0.25, -0.2) is 0 Å². The summed E-state index contributed by atoms with van der Waals surface area (Å²) in [6.45, 7) is 2.69. The maximum Gasteiger partial charge on any atom is 0.220 e. The Hall–Kier alpha value is -1.72. The van der Waals surface area contributed by atoms with E-state index in [2.05, 4.69) is 16.7 Å². The van der Waals surface area contributed by atoms with Crippen LogP contribution in [0.3, 0.4) is 0 Å². The molecular formula is C19H28N2O3. The van der Waals surface area contributed by atoms with Crippen molar-refractivity contribution < 1.29 is 14.3 Å². The zero-order valence-corrected chi connectivity index (χ0v) is 14.5. The number of methoxy groups -OCH3 is 1. The van der Waals surface area contributed by atoms with Crippen LogP contribution >= 0.6 is 0 Å². The fourth-order valence-electron chi connectivity index (χ4n) is 2.96. The smallest absolute Gasteiger partial charge is 0.220 e. The van der Waals surface area contributed by atoms with E-state index in [0.29, 0.717) is 19.7 Å². The molecule has 0 bridgehead atoms. The summed E-state index contributed by atoms with van der Waals surface area (Å²) in [6.07, 6.45) is 5.12. The van der Waals surface area contributed by atoms with Gasteiger partial charge in [-0.05, 0) is 42.9 Å². The third kappa shape index (κ3) is 6.06. The van der Waals surface area contributed by atoms with Gasteiger partial charge in [0.15, 0.2) is 5.78 Å². The van der Waals surface area contributed by atoms with E-state index in [1.165, 1.54) is 24.0 Å². The molecule has 0 saturated heterocycles. The van der Waals surface area contributed by atoms with Crippen LogP contribution in [0.15, 0.2) is 18.2 Å². The molecule has 1 amide bonds. The Bertz CT molecular complexity index is 558. The van der Waals surface area contributed by atoms with Gasteiger partial charge in [-0.2, -0.15) is 0 Å². The first-order valence-corrected chi connectivity index (χ1v) is 8.82. The number of carbonyl (C=O) groups excluding carboxylic acids is 2. The Morgan fingerprint density at radius 3 is 2.62 bits per heavy atom. The van der Waals surface area contributed by atoms with Crippen molar-refractivity contribution in [1.82, 2.24) is 10.6 Å². The lowest BCUT2D eigenvalue weighted by Gasteiger charge is -2.16. The van der Waals surface area contributed by atoms with Crippen molar-refractivity contribution >= 4 is 11.7 Å². The van der Waals surface area contributed by atoms with Crippen molar-refractivity contribution in [3.8, 4) is 0 Å². The van der Waals surface area contributed by atoms with E-state index in [-0.39, 0.29) is 24.5 Å². The second-order valence-corrected chi connectivity index (χ2v) is 6.21. The molecule has 2 rings (SSSR count). The Balaban J connectivity index is 1.68. The highest BCUT2D eigenvalue weighted by molar-refractivity contribution is 5.98. The van der Waals surface area contributed by atoms with Crippen LogP contribution in [0.2, 0.25) is 0 Å². The number of amides is 1. The number of carbonyl (C=O) groups is 2. The molecule has 5 nitrogen and oxygen atoms in total. The lowest BCUT2D eigenvalue weighted by atomic mass is 9.89. The fraction of sp³-hybridized carbons (Fsp3) is 0.579. The number of nitrogens with one attached hydrogen (secondary N) is 2. The van der Waals surface area contributed by atoms with Crippen LogP contribution in [-0.4, -0.2) is 45.0 Å². The molecule has 24 heavy (non-hydrogen) atoms. The molecule has 0 atom stereocenters. The van der Waals surface area contributed by atoms with Crippen LogP contribution in [0.25, 0.3) is 0 Å². The molecule has 0 aromatic heterocycles. The Kier molecular flexibility index (Phi) is 7.92. The SMILES string of the molecule is COCCNCCNC(=O)CCC(=O)c1ccc2c(c1)CCCC2. The summed E-state index contributed by atoms with van der Waals surface area (Å²) in [6, 6.07) is 6.01. The fourth-order valence-corrected chi connectivity index (χ4v) is 2.96. The minimum Gasteiger partial charge on any atom is -0.383 e. The van der Waals surface area contributed by atoms with Crippen molar-refractivity contribution in [2.24, 2.45) is 0 Å². The van der Waals surface area contributed by atoms with E-state index in [1.54, 1.807) is 7.11 Å². The molecule has 0 saturated carbocycles. The van der Waals surface area contributed by atoms with Gasteiger partial charge in [-0.15, -0.1) is 0 Å². The van der Waals surface area contributed by atoms with Gasteiger partial charge in [-0.3, -0.25) is 9.59 Å². The molecule has 5 heteroatoms. The highest BCUT2D eigenvalue weighted by Crippen LogP contribution is 2.22. The van der Waals surface area contributed by atoms with Gasteiger partial charge in [0.25, 0.3) is 0 Å². The second kappa shape index (κ2) is 10.2. The van der Waals surface area contributed by atoms with E-state index >= 15 is 0 Å². The maximum atomic E-state index is 12.3. The standard InChI is InChI=1S/C19H28N2O3/c1-24-13-12-20-10-11-21-19(23)9-8-18(22)17-7-6-15-4-2-3-5-16(15)14-17/h6-7,14,20H,2-5,8-13H2,1H3,(H,21,23). The topological polar surface area (TPSA) is 67.4 Å². The molecule has 1 aromatic carbocycles. The number of benzene rings is 1. The van der Waals surface area contributed by atoms with Gasteiger partial charge < -0.3 is 15.4 Å². The highest BCUT2D eigenvalue weighted by Gasteiger charge is 2.13. The van der Waals surface area contributed by atoms with Crippen LogP contribution < -0.4 is 10.6 Å². The van der Waals surface area contributed by atoms with Crippen molar-refractivity contribution in [3.63, 3.8) is 0 Å². The van der Waals surface area contributed by atoms with Gasteiger partial charge >= 0.3 is 0 Å². The zero-order valence-electron chi connectivity index (χ0n) is 14.5. The molecule has 1 aliphatic rings. The predicted octanol–water partition coefficient (Wildman–Crippen LogP) is 1.88. The molecule has 0 spiro atoms. The summed E-state index contributed by atoms with van der Waals surface area (Å²) < 4.78 is 4.92. The number of rotatable bonds is 10. The lowest BCUT2D eigenvalue weighted by molar-refractivity contribution is -0.121. The number of fused-ring (bicyclic) bond motifs is 1. The third-order valence-electron chi connectivity index (χ3n) is 4.36. The molecule has 2 N–H and O–H groups in total. The molecule has 1 aliphatic carbocycles. The van der Waals surface area contributed by atoms with E-state index in [0.717, 1.165) is 24.9 Å². The number of hydrogen-bond acceptors (Lipinski definition) is 4. The number of ether oxygens (including phenoxy) is 1. The van der Waals surface area contributed by atoms with Crippen LogP contribution in [0.4, 0.5) is 0 Å². The summed E-state index contributed by atoms with van der Waals surface area (Å²) in [4.78, 5) is 24.1. The van der Waals surface area contributed by atoms with Crippen molar-refractivity contribution in [2.45, 2.75) is 38.5 Å². The van der Waals surface area contributed by atoms with Gasteiger partial charge in [0.1, 0.15) is 0 Å². The Morgan fingerprint density at radius 1 is 1.04 bits per heavy atom. The van der Waals surface area contributed by atoms with E-state index < -0.39 is 0 Å². The number of hydrogen-bond donors (Lipinski definition) is 2. The van der Waals surface area contributed by atoms with Crippen LogP contribution in [0, 0.1) is 0 Å². The van der Waals surface area contributed by atoms with Gasteiger partial charge in [0.2, 0.25) is 5.91 Å². The Morgan fingerprint density at radius 2 is 1.83 bits per heavy atom. The number of ketones is 1. The van der Waals surface area contributed by atoms with E-state index in [9.17, 15) is 9.59 Å². The molecular weight excluding hydrogens is 304 g/mol. The minimum absolute atomic E-state index is 0.0525. The van der Waals surface area contributed by atoms with Crippen molar-refractivity contribution in [2.75, 3.05) is 33.4 Å².